The van der Waals surface area contributed by atoms with Gasteiger partial charge in [0.2, 0.25) is 21.9 Å². The molecule has 4 aromatic rings. The molecule has 0 saturated heterocycles. The minimum atomic E-state index is -4.25. The number of hydrogen-bond donors (Lipinski definition) is 1. The predicted molar refractivity (Wildman–Crippen MR) is 152 cm³/mol. The summed E-state index contributed by atoms with van der Waals surface area (Å²) in [5, 5.41) is 27.5. The molecule has 1 N–H and O–H groups in total. The molecule has 2 aromatic heterocycles. The minimum absolute atomic E-state index is 0.0338. The number of hydrogen-bond acceptors (Lipinski definition) is 10. The zero-order valence-electron chi connectivity index (χ0n) is 23.2. The molecule has 0 unspecified atom stereocenters. The van der Waals surface area contributed by atoms with Gasteiger partial charge in [0.05, 0.1) is 39.1 Å². The predicted octanol–water partition coefficient (Wildman–Crippen LogP) is 3.50. The van der Waals surface area contributed by atoms with Crippen LogP contribution in [0.3, 0.4) is 0 Å². The van der Waals surface area contributed by atoms with Crippen LogP contribution >= 0.6 is 0 Å². The third-order valence-corrected chi connectivity index (χ3v) is 8.78. The fraction of sp³-hybridized carbons (Fsp3) is 0.286. The number of anilines is 1. The summed E-state index contributed by atoms with van der Waals surface area (Å²) in [5.41, 5.74) is 1.45. The standard InChI is InChI=1S/C28H30N6O6S/c1-6-33(41(36,37)18(2)26(35)20-15-13-19(17-29)14-16-20)28-32-31-27(21-9-7-12-24(30-21)40-5)34(28)25-22(38-3)10-8-11-23(25)39-4/h7-16,18,26,35H,6H2,1-5H3/t18-,26-/m1/s1. The van der Waals surface area contributed by atoms with Crippen molar-refractivity contribution in [2.24, 2.45) is 0 Å². The van der Waals surface area contributed by atoms with Crippen molar-refractivity contribution in [3.05, 3.63) is 71.8 Å². The molecule has 214 valence electrons. The molecule has 0 saturated carbocycles. The average molecular weight is 579 g/mol. The topological polar surface area (TPSA) is 153 Å². The van der Waals surface area contributed by atoms with E-state index >= 15 is 0 Å². The number of aliphatic hydroxyl groups is 1. The monoisotopic (exact) mass is 578 g/mol. The van der Waals surface area contributed by atoms with E-state index in [2.05, 4.69) is 15.2 Å². The molecule has 0 aliphatic carbocycles. The van der Waals surface area contributed by atoms with Crippen molar-refractivity contribution >= 4 is 16.0 Å². The summed E-state index contributed by atoms with van der Waals surface area (Å²) < 4.78 is 47.3. The van der Waals surface area contributed by atoms with Crippen molar-refractivity contribution in [3.8, 4) is 40.7 Å². The lowest BCUT2D eigenvalue weighted by atomic mass is 10.1. The molecule has 0 spiro atoms. The minimum Gasteiger partial charge on any atom is -0.494 e. The number of benzene rings is 2. The van der Waals surface area contributed by atoms with E-state index in [4.69, 9.17) is 19.5 Å². The smallest absolute Gasteiger partial charge is 0.246 e. The Bertz CT molecular complexity index is 1640. The zero-order valence-corrected chi connectivity index (χ0v) is 24.0. The van der Waals surface area contributed by atoms with Crippen molar-refractivity contribution in [2.45, 2.75) is 25.2 Å². The Balaban J connectivity index is 1.92. The van der Waals surface area contributed by atoms with E-state index in [1.807, 2.05) is 6.07 Å². The van der Waals surface area contributed by atoms with Gasteiger partial charge in [0, 0.05) is 12.6 Å². The van der Waals surface area contributed by atoms with E-state index in [0.29, 0.717) is 39.9 Å². The highest BCUT2D eigenvalue weighted by Crippen LogP contribution is 2.39. The van der Waals surface area contributed by atoms with E-state index in [-0.39, 0.29) is 18.3 Å². The summed E-state index contributed by atoms with van der Waals surface area (Å²) in [6.45, 7) is 3.03. The first-order valence-corrected chi connectivity index (χ1v) is 14.1. The first-order valence-electron chi connectivity index (χ1n) is 12.6. The average Bonchev–Trinajstić information content (AvgIpc) is 3.43. The van der Waals surface area contributed by atoms with Crippen molar-refractivity contribution in [1.82, 2.24) is 19.7 Å². The molecule has 2 atom stereocenters. The molecule has 0 fully saturated rings. The van der Waals surface area contributed by atoms with E-state index in [1.54, 1.807) is 43.3 Å². The maximum absolute atomic E-state index is 14.1. The number of aromatic nitrogens is 4. The van der Waals surface area contributed by atoms with Crippen LogP contribution in [0.2, 0.25) is 0 Å². The van der Waals surface area contributed by atoms with Gasteiger partial charge < -0.3 is 19.3 Å². The molecule has 4 rings (SSSR count). The van der Waals surface area contributed by atoms with Crippen LogP contribution in [-0.4, -0.2) is 66.4 Å². The van der Waals surface area contributed by atoms with Crippen LogP contribution < -0.4 is 18.5 Å². The summed E-state index contributed by atoms with van der Waals surface area (Å²) in [7, 11) is 0.198. The van der Waals surface area contributed by atoms with Gasteiger partial charge in [-0.25, -0.2) is 17.7 Å². The van der Waals surface area contributed by atoms with Gasteiger partial charge in [-0.2, -0.15) is 5.26 Å². The van der Waals surface area contributed by atoms with Crippen LogP contribution in [0.4, 0.5) is 5.95 Å². The normalized spacial score (nSPS) is 12.7. The van der Waals surface area contributed by atoms with Crippen LogP contribution in [0.5, 0.6) is 17.4 Å². The molecule has 2 aromatic carbocycles. The van der Waals surface area contributed by atoms with Gasteiger partial charge in [-0.05, 0) is 49.7 Å². The molecule has 41 heavy (non-hydrogen) atoms. The second-order valence-corrected chi connectivity index (χ2v) is 11.0. The second-order valence-electron chi connectivity index (χ2n) is 8.83. The van der Waals surface area contributed by atoms with Gasteiger partial charge in [-0.3, -0.25) is 4.57 Å². The van der Waals surface area contributed by atoms with Crippen molar-refractivity contribution < 1.29 is 27.7 Å². The van der Waals surface area contributed by atoms with Gasteiger partial charge in [0.15, 0.2) is 5.82 Å². The summed E-state index contributed by atoms with van der Waals surface area (Å²) in [4.78, 5) is 4.48. The van der Waals surface area contributed by atoms with Gasteiger partial charge in [-0.15, -0.1) is 10.2 Å². The van der Waals surface area contributed by atoms with Gasteiger partial charge >= 0.3 is 0 Å². The molecule has 13 heteroatoms. The summed E-state index contributed by atoms with van der Waals surface area (Å²) in [6, 6.07) is 18.3. The number of para-hydroxylation sites is 1. The van der Waals surface area contributed by atoms with Crippen LogP contribution in [0.15, 0.2) is 60.7 Å². The Labute approximate surface area is 238 Å². The van der Waals surface area contributed by atoms with Crippen molar-refractivity contribution in [3.63, 3.8) is 0 Å². The van der Waals surface area contributed by atoms with E-state index in [9.17, 15) is 13.5 Å². The number of nitriles is 1. The van der Waals surface area contributed by atoms with E-state index in [1.165, 1.54) is 57.1 Å². The lowest BCUT2D eigenvalue weighted by Crippen LogP contribution is -2.41. The van der Waals surface area contributed by atoms with Crippen molar-refractivity contribution in [2.75, 3.05) is 32.2 Å². The van der Waals surface area contributed by atoms with Crippen LogP contribution in [0.1, 0.15) is 31.1 Å². The highest BCUT2D eigenvalue weighted by molar-refractivity contribution is 7.93. The Hall–Kier alpha value is -4.67. The van der Waals surface area contributed by atoms with Crippen molar-refractivity contribution in [1.29, 1.82) is 5.26 Å². The lowest BCUT2D eigenvalue weighted by Gasteiger charge is -2.29. The molecule has 0 radical (unpaired) electrons. The molecule has 0 bridgehead atoms. The molecular formula is C28H30N6O6S. The third kappa shape index (κ3) is 5.52. The van der Waals surface area contributed by atoms with E-state index < -0.39 is 21.4 Å². The largest absolute Gasteiger partial charge is 0.494 e. The molecule has 0 amide bonds. The summed E-state index contributed by atoms with van der Waals surface area (Å²) >= 11 is 0. The molecule has 2 heterocycles. The molecule has 0 aliphatic heterocycles. The van der Waals surface area contributed by atoms with Gasteiger partial charge in [0.25, 0.3) is 0 Å². The zero-order chi connectivity index (χ0) is 29.7. The number of aliphatic hydroxyl groups excluding tert-OH is 1. The number of pyridine rings is 1. The lowest BCUT2D eigenvalue weighted by molar-refractivity contribution is 0.176. The highest BCUT2D eigenvalue weighted by Gasteiger charge is 2.38. The quantitative estimate of drug-likeness (QED) is 0.280. The summed E-state index contributed by atoms with van der Waals surface area (Å²) in [5.74, 6) is 1.21. The third-order valence-electron chi connectivity index (χ3n) is 6.55. The second kappa shape index (κ2) is 12.2. The molecule has 0 aliphatic rings. The summed E-state index contributed by atoms with van der Waals surface area (Å²) in [6.07, 6.45) is -1.39. The fourth-order valence-electron chi connectivity index (χ4n) is 4.34. The van der Waals surface area contributed by atoms with Crippen LogP contribution in [0, 0.1) is 11.3 Å². The SMILES string of the molecule is CCN(c1nnc(-c2cccc(OC)n2)n1-c1c(OC)cccc1OC)S(=O)(=O)[C@H](C)[C@@H](O)c1ccc(C#N)cc1. The number of methoxy groups -OCH3 is 3. The first kappa shape index (κ1) is 29.3. The maximum atomic E-state index is 14.1. The van der Waals surface area contributed by atoms with Crippen LogP contribution in [-0.2, 0) is 10.0 Å². The fourth-order valence-corrected chi connectivity index (χ4v) is 5.93. The van der Waals surface area contributed by atoms with Gasteiger partial charge in [0.1, 0.15) is 28.1 Å². The number of rotatable bonds is 11. The molecular weight excluding hydrogens is 548 g/mol. The Morgan fingerprint density at radius 3 is 2.17 bits per heavy atom. The number of nitrogens with zero attached hydrogens (tertiary/aromatic N) is 6. The highest BCUT2D eigenvalue weighted by atomic mass is 32.2. The van der Waals surface area contributed by atoms with Gasteiger partial charge in [-0.1, -0.05) is 24.3 Å². The Morgan fingerprint density at radius 2 is 1.61 bits per heavy atom. The first-order chi connectivity index (χ1) is 19.7. The van der Waals surface area contributed by atoms with Crippen LogP contribution in [0.25, 0.3) is 17.2 Å². The number of ether oxygens (including phenoxy) is 3. The Kier molecular flexibility index (Phi) is 8.75. The molecule has 12 nitrogen and oxygen atoms in total. The Morgan fingerprint density at radius 1 is 0.976 bits per heavy atom. The maximum Gasteiger partial charge on any atom is 0.246 e. The number of sulfonamides is 1. The van der Waals surface area contributed by atoms with E-state index in [0.717, 1.165) is 4.31 Å².